The summed E-state index contributed by atoms with van der Waals surface area (Å²) in [5, 5.41) is 14.0. The Morgan fingerprint density at radius 2 is 2.14 bits per heavy atom. The van der Waals surface area contributed by atoms with Gasteiger partial charge in [0.2, 0.25) is 11.0 Å². The largest absolute Gasteiger partial charge is 0.486 e. The average Bonchev–Trinajstić information content (AvgIpc) is 3.44. The number of aromatic nitrogens is 3. The van der Waals surface area contributed by atoms with Crippen LogP contribution in [0.25, 0.3) is 11.6 Å². The molecule has 0 atom stereocenters. The van der Waals surface area contributed by atoms with Crippen molar-refractivity contribution in [1.29, 1.82) is 0 Å². The zero-order valence-corrected chi connectivity index (χ0v) is 16.4. The maximum absolute atomic E-state index is 5.95. The summed E-state index contributed by atoms with van der Waals surface area (Å²) in [5.74, 6) is 3.02. The summed E-state index contributed by atoms with van der Waals surface area (Å²) in [7, 11) is 0. The smallest absolute Gasteiger partial charge is 0.221 e. The molecule has 0 spiro atoms. The number of benzene rings is 1. The molecule has 3 heterocycles. The van der Waals surface area contributed by atoms with Gasteiger partial charge in [-0.2, -0.15) is 9.78 Å². The van der Waals surface area contributed by atoms with Gasteiger partial charge in [-0.25, -0.2) is 0 Å². The third kappa shape index (κ3) is 4.13. The average molecular weight is 415 g/mol. The summed E-state index contributed by atoms with van der Waals surface area (Å²) in [4.78, 5) is 0. The molecule has 0 aliphatic rings. The first-order valence-electron chi connectivity index (χ1n) is 8.27. The lowest BCUT2D eigenvalue weighted by Gasteiger charge is -2.03. The predicted octanol–water partition coefficient (Wildman–Crippen LogP) is 4.97. The molecule has 0 aliphatic carbocycles. The van der Waals surface area contributed by atoms with E-state index in [0.717, 1.165) is 0 Å². The van der Waals surface area contributed by atoms with Gasteiger partial charge in [0.1, 0.15) is 23.9 Å². The molecule has 0 radical (unpaired) electrons. The number of halogens is 1. The quantitative estimate of drug-likeness (QED) is 0.314. The van der Waals surface area contributed by atoms with Crippen LogP contribution in [0.15, 0.2) is 73.9 Å². The maximum atomic E-state index is 5.95. The number of nitrogens with zero attached hydrogens (tertiary/aromatic N) is 4. The number of ether oxygens (including phenoxy) is 1. The molecule has 1 aromatic carbocycles. The van der Waals surface area contributed by atoms with Crippen LogP contribution in [0.1, 0.15) is 11.5 Å². The lowest BCUT2D eigenvalue weighted by molar-refractivity contribution is 0.270. The van der Waals surface area contributed by atoms with E-state index in [2.05, 4.69) is 15.3 Å². The lowest BCUT2D eigenvalue weighted by atomic mass is 10.3. The van der Waals surface area contributed by atoms with Gasteiger partial charge in [-0.15, -0.1) is 10.2 Å². The van der Waals surface area contributed by atoms with E-state index in [1.165, 1.54) is 11.8 Å². The minimum atomic E-state index is 0.286. The van der Waals surface area contributed by atoms with Crippen LogP contribution < -0.4 is 4.74 Å². The number of rotatable bonds is 7. The molecule has 142 valence electrons. The van der Waals surface area contributed by atoms with Crippen LogP contribution in [-0.4, -0.2) is 27.3 Å². The molecule has 0 unspecified atom stereocenters. The molecule has 3 aromatic heterocycles. The van der Waals surface area contributed by atoms with Crippen molar-refractivity contribution >= 4 is 29.6 Å². The summed E-state index contributed by atoms with van der Waals surface area (Å²) >= 11 is 7.39. The van der Waals surface area contributed by atoms with Crippen molar-refractivity contribution in [2.75, 3.05) is 6.26 Å². The molecule has 4 aromatic rings. The van der Waals surface area contributed by atoms with Crippen LogP contribution in [0.3, 0.4) is 0 Å². The number of hydrogen-bond acceptors (Lipinski definition) is 7. The van der Waals surface area contributed by atoms with Crippen molar-refractivity contribution in [3.63, 3.8) is 0 Å². The molecular weight excluding hydrogens is 400 g/mol. The Labute approximate surface area is 170 Å². The molecular formula is C19H15ClN4O3S. The lowest BCUT2D eigenvalue weighted by Crippen LogP contribution is -1.95. The highest BCUT2D eigenvalue weighted by Crippen LogP contribution is 2.23. The van der Waals surface area contributed by atoms with Crippen LogP contribution in [-0.2, 0) is 6.61 Å². The molecule has 7 nitrogen and oxygen atoms in total. The SMILES string of the molecule is CSc1nnc(-c2ccco2)n1N=Cc1ccc(COc2cccc(Cl)c2)o1. The second kappa shape index (κ2) is 8.37. The van der Waals surface area contributed by atoms with Crippen LogP contribution in [0.5, 0.6) is 5.75 Å². The first-order valence-corrected chi connectivity index (χ1v) is 9.88. The van der Waals surface area contributed by atoms with E-state index in [0.29, 0.717) is 39.0 Å². The third-order valence-corrected chi connectivity index (χ3v) is 4.55. The molecule has 0 aliphatic heterocycles. The molecule has 0 N–H and O–H groups in total. The fraction of sp³-hybridized carbons (Fsp3) is 0.105. The Bertz CT molecular complexity index is 1090. The van der Waals surface area contributed by atoms with Crippen LogP contribution in [0.4, 0.5) is 0 Å². The van der Waals surface area contributed by atoms with Gasteiger partial charge in [-0.05, 0) is 48.7 Å². The standard InChI is InChI=1S/C19H15ClN4O3S/c1-28-19-23-22-18(17-6-3-9-25-17)24(19)21-11-15-7-8-16(27-15)12-26-14-5-2-4-13(20)10-14/h2-11H,12H2,1H3. The highest BCUT2D eigenvalue weighted by atomic mass is 35.5. The Hall–Kier alpha value is -2.97. The van der Waals surface area contributed by atoms with Gasteiger partial charge in [-0.3, -0.25) is 0 Å². The van der Waals surface area contributed by atoms with Gasteiger partial charge < -0.3 is 13.6 Å². The highest BCUT2D eigenvalue weighted by Gasteiger charge is 2.15. The minimum absolute atomic E-state index is 0.286. The van der Waals surface area contributed by atoms with Crippen LogP contribution in [0, 0.1) is 0 Å². The number of thioether (sulfide) groups is 1. The van der Waals surface area contributed by atoms with Crippen LogP contribution >= 0.6 is 23.4 Å². The Morgan fingerprint density at radius 1 is 1.21 bits per heavy atom. The fourth-order valence-corrected chi connectivity index (χ4v) is 3.03. The summed E-state index contributed by atoms with van der Waals surface area (Å²) in [6.07, 6.45) is 5.08. The zero-order valence-electron chi connectivity index (χ0n) is 14.8. The number of hydrogen-bond donors (Lipinski definition) is 0. The predicted molar refractivity (Wildman–Crippen MR) is 107 cm³/mol. The van der Waals surface area contributed by atoms with Crippen molar-refractivity contribution in [3.8, 4) is 17.3 Å². The van der Waals surface area contributed by atoms with E-state index in [-0.39, 0.29) is 6.61 Å². The maximum Gasteiger partial charge on any atom is 0.221 e. The van der Waals surface area contributed by atoms with Gasteiger partial charge in [-0.1, -0.05) is 29.4 Å². The minimum Gasteiger partial charge on any atom is -0.486 e. The van der Waals surface area contributed by atoms with Gasteiger partial charge in [0.05, 0.1) is 12.5 Å². The first-order chi connectivity index (χ1) is 13.7. The molecule has 4 rings (SSSR count). The Kier molecular flexibility index (Phi) is 5.50. The molecule has 28 heavy (non-hydrogen) atoms. The molecule has 0 bridgehead atoms. The van der Waals surface area contributed by atoms with E-state index in [1.807, 2.05) is 30.5 Å². The van der Waals surface area contributed by atoms with E-state index >= 15 is 0 Å². The Balaban J connectivity index is 1.48. The molecule has 0 amide bonds. The molecule has 9 heteroatoms. The van der Waals surface area contributed by atoms with Gasteiger partial charge in [0.25, 0.3) is 0 Å². The fourth-order valence-electron chi connectivity index (χ4n) is 2.42. The van der Waals surface area contributed by atoms with Gasteiger partial charge >= 0.3 is 0 Å². The summed E-state index contributed by atoms with van der Waals surface area (Å²) < 4.78 is 18.4. The van der Waals surface area contributed by atoms with Crippen molar-refractivity contribution < 1.29 is 13.6 Å². The van der Waals surface area contributed by atoms with Gasteiger partial charge in [0, 0.05) is 5.02 Å². The summed E-state index contributed by atoms with van der Waals surface area (Å²) in [6, 6.07) is 14.4. The topological polar surface area (TPSA) is 78.6 Å². The van der Waals surface area contributed by atoms with Crippen LogP contribution in [0.2, 0.25) is 5.02 Å². The van der Waals surface area contributed by atoms with E-state index in [4.69, 9.17) is 25.2 Å². The van der Waals surface area contributed by atoms with Crippen molar-refractivity contribution in [1.82, 2.24) is 14.9 Å². The van der Waals surface area contributed by atoms with E-state index in [9.17, 15) is 0 Å². The van der Waals surface area contributed by atoms with Crippen molar-refractivity contribution in [2.24, 2.45) is 5.10 Å². The summed E-state index contributed by atoms with van der Waals surface area (Å²) in [5.41, 5.74) is 0. The molecule has 0 saturated heterocycles. The second-order valence-electron chi connectivity index (χ2n) is 5.59. The van der Waals surface area contributed by atoms with Gasteiger partial charge in [0.15, 0.2) is 5.76 Å². The second-order valence-corrected chi connectivity index (χ2v) is 6.80. The summed E-state index contributed by atoms with van der Waals surface area (Å²) in [6.45, 7) is 0.286. The zero-order chi connectivity index (χ0) is 19.3. The molecule has 0 fully saturated rings. The van der Waals surface area contributed by atoms with E-state index in [1.54, 1.807) is 41.4 Å². The molecule has 0 saturated carbocycles. The highest BCUT2D eigenvalue weighted by molar-refractivity contribution is 7.98. The van der Waals surface area contributed by atoms with E-state index < -0.39 is 0 Å². The third-order valence-electron chi connectivity index (χ3n) is 3.70. The Morgan fingerprint density at radius 3 is 2.93 bits per heavy atom. The monoisotopic (exact) mass is 414 g/mol. The van der Waals surface area contributed by atoms with Crippen molar-refractivity contribution in [3.05, 3.63) is 71.3 Å². The first kappa shape index (κ1) is 18.4. The number of furan rings is 2. The normalized spacial score (nSPS) is 11.4. The van der Waals surface area contributed by atoms with Crippen molar-refractivity contribution in [2.45, 2.75) is 11.8 Å².